The first-order chi connectivity index (χ1) is 11.2. The Balaban J connectivity index is 1.83. The zero-order valence-electron chi connectivity index (χ0n) is 13.3. The standard InChI is InChI=1S/C19H20N2O2/c1-3-23-18-11-7-6-10-17(18)21-13(2)19(22)15-12-20-16-9-5-4-8-14(15)16/h4-13,20-21H,3H2,1-2H3/t13-/m0/s1. The summed E-state index contributed by atoms with van der Waals surface area (Å²) in [5.41, 5.74) is 2.50. The highest BCUT2D eigenvalue weighted by Gasteiger charge is 2.19. The number of nitrogens with one attached hydrogen (secondary N) is 2. The van der Waals surface area contributed by atoms with E-state index in [1.165, 1.54) is 0 Å². The van der Waals surface area contributed by atoms with Crippen molar-refractivity contribution in [1.29, 1.82) is 0 Å². The molecule has 0 radical (unpaired) electrons. The number of hydrogen-bond donors (Lipinski definition) is 2. The van der Waals surface area contributed by atoms with Gasteiger partial charge in [0.25, 0.3) is 0 Å². The number of benzene rings is 2. The van der Waals surface area contributed by atoms with E-state index < -0.39 is 0 Å². The van der Waals surface area contributed by atoms with E-state index >= 15 is 0 Å². The van der Waals surface area contributed by atoms with Crippen LogP contribution in [0.3, 0.4) is 0 Å². The van der Waals surface area contributed by atoms with Crippen molar-refractivity contribution >= 4 is 22.4 Å². The summed E-state index contributed by atoms with van der Waals surface area (Å²) >= 11 is 0. The summed E-state index contributed by atoms with van der Waals surface area (Å²) in [6.45, 7) is 4.40. The van der Waals surface area contributed by atoms with Crippen LogP contribution in [0, 0.1) is 0 Å². The summed E-state index contributed by atoms with van der Waals surface area (Å²) in [5, 5.41) is 4.21. The van der Waals surface area contributed by atoms with Crippen molar-refractivity contribution in [2.45, 2.75) is 19.9 Å². The number of carbonyl (C=O) groups excluding carboxylic acids is 1. The Morgan fingerprint density at radius 1 is 1.17 bits per heavy atom. The maximum atomic E-state index is 12.8. The first-order valence-corrected chi connectivity index (χ1v) is 7.79. The van der Waals surface area contributed by atoms with Gasteiger partial charge in [-0.25, -0.2) is 0 Å². The van der Waals surface area contributed by atoms with Gasteiger partial charge in [-0.2, -0.15) is 0 Å². The lowest BCUT2D eigenvalue weighted by atomic mass is 10.0. The van der Waals surface area contributed by atoms with E-state index in [0.29, 0.717) is 12.2 Å². The second-order valence-corrected chi connectivity index (χ2v) is 5.41. The van der Waals surface area contributed by atoms with Crippen LogP contribution in [-0.2, 0) is 0 Å². The van der Waals surface area contributed by atoms with E-state index in [0.717, 1.165) is 22.3 Å². The lowest BCUT2D eigenvalue weighted by Crippen LogP contribution is -2.26. The molecule has 4 heteroatoms. The number of hydrogen-bond acceptors (Lipinski definition) is 3. The third kappa shape index (κ3) is 3.06. The Morgan fingerprint density at radius 3 is 2.74 bits per heavy atom. The van der Waals surface area contributed by atoms with E-state index in [2.05, 4.69) is 10.3 Å². The van der Waals surface area contributed by atoms with Crippen molar-refractivity contribution in [1.82, 2.24) is 4.98 Å². The number of rotatable bonds is 6. The zero-order valence-corrected chi connectivity index (χ0v) is 13.3. The van der Waals surface area contributed by atoms with Crippen molar-refractivity contribution in [3.63, 3.8) is 0 Å². The fourth-order valence-corrected chi connectivity index (χ4v) is 2.67. The fraction of sp³-hybridized carbons (Fsp3) is 0.211. The van der Waals surface area contributed by atoms with Gasteiger partial charge in [-0.1, -0.05) is 30.3 Å². The van der Waals surface area contributed by atoms with Gasteiger partial charge in [0.15, 0.2) is 5.78 Å². The molecule has 2 N–H and O–H groups in total. The Bertz CT molecular complexity index is 823. The molecule has 0 fully saturated rings. The Kier molecular flexibility index (Phi) is 4.33. The Hall–Kier alpha value is -2.75. The van der Waals surface area contributed by atoms with Crippen LogP contribution in [0.4, 0.5) is 5.69 Å². The Morgan fingerprint density at radius 2 is 1.91 bits per heavy atom. The minimum absolute atomic E-state index is 0.0498. The molecule has 1 aromatic heterocycles. The van der Waals surface area contributed by atoms with Gasteiger partial charge in [0.05, 0.1) is 18.3 Å². The highest BCUT2D eigenvalue weighted by atomic mass is 16.5. The second kappa shape index (κ2) is 6.57. The largest absolute Gasteiger partial charge is 0.492 e. The van der Waals surface area contributed by atoms with E-state index in [9.17, 15) is 4.79 Å². The molecular weight excluding hydrogens is 288 g/mol. The summed E-state index contributed by atoms with van der Waals surface area (Å²) < 4.78 is 5.60. The topological polar surface area (TPSA) is 54.1 Å². The first kappa shape index (κ1) is 15.2. The average Bonchev–Trinajstić information content (AvgIpc) is 3.00. The minimum atomic E-state index is -0.351. The molecule has 118 valence electrons. The summed E-state index contributed by atoms with van der Waals surface area (Å²) in [6, 6.07) is 15.1. The lowest BCUT2D eigenvalue weighted by molar-refractivity contribution is 0.0977. The smallest absolute Gasteiger partial charge is 0.186 e. The van der Waals surface area contributed by atoms with Crippen LogP contribution >= 0.6 is 0 Å². The molecule has 0 aliphatic rings. The van der Waals surface area contributed by atoms with Gasteiger partial charge >= 0.3 is 0 Å². The van der Waals surface area contributed by atoms with Crippen molar-refractivity contribution in [3.8, 4) is 5.75 Å². The third-order valence-electron chi connectivity index (χ3n) is 3.81. The fourth-order valence-electron chi connectivity index (χ4n) is 2.67. The van der Waals surface area contributed by atoms with Crippen molar-refractivity contribution < 1.29 is 9.53 Å². The third-order valence-corrected chi connectivity index (χ3v) is 3.81. The molecular formula is C19H20N2O2. The summed E-state index contributed by atoms with van der Waals surface area (Å²) in [6.07, 6.45) is 1.78. The maximum Gasteiger partial charge on any atom is 0.186 e. The number of anilines is 1. The highest BCUT2D eigenvalue weighted by molar-refractivity contribution is 6.11. The molecule has 0 amide bonds. The van der Waals surface area contributed by atoms with Gasteiger partial charge in [0.2, 0.25) is 0 Å². The van der Waals surface area contributed by atoms with Crippen molar-refractivity contribution in [2.75, 3.05) is 11.9 Å². The monoisotopic (exact) mass is 308 g/mol. The number of ketones is 1. The van der Waals surface area contributed by atoms with E-state index in [1.54, 1.807) is 6.20 Å². The predicted molar refractivity (Wildman–Crippen MR) is 93.3 cm³/mol. The maximum absolute atomic E-state index is 12.8. The van der Waals surface area contributed by atoms with Gasteiger partial charge in [-0.3, -0.25) is 4.79 Å². The molecule has 2 aromatic carbocycles. The van der Waals surface area contributed by atoms with Gasteiger partial charge in [0.1, 0.15) is 5.75 Å². The van der Waals surface area contributed by atoms with E-state index in [-0.39, 0.29) is 11.8 Å². The molecule has 0 saturated carbocycles. The van der Waals surface area contributed by atoms with Gasteiger partial charge in [-0.05, 0) is 32.0 Å². The Labute approximate surface area is 135 Å². The molecule has 1 atom stereocenters. The van der Waals surface area contributed by atoms with E-state index in [1.807, 2.05) is 62.4 Å². The highest BCUT2D eigenvalue weighted by Crippen LogP contribution is 2.26. The SMILES string of the molecule is CCOc1ccccc1N[C@@H](C)C(=O)c1c[nH]c2ccccc12. The van der Waals surface area contributed by atoms with Gasteiger partial charge in [0, 0.05) is 22.7 Å². The van der Waals surface area contributed by atoms with Gasteiger partial charge in [-0.15, -0.1) is 0 Å². The number of fused-ring (bicyclic) bond motifs is 1. The van der Waals surface area contributed by atoms with Crippen LogP contribution in [0.25, 0.3) is 10.9 Å². The van der Waals surface area contributed by atoms with E-state index in [4.69, 9.17) is 4.74 Å². The number of Topliss-reactive ketones (excluding diaryl/α,β-unsaturated/α-hetero) is 1. The van der Waals surface area contributed by atoms with Crippen LogP contribution in [0.2, 0.25) is 0 Å². The summed E-state index contributed by atoms with van der Waals surface area (Å²) in [4.78, 5) is 15.9. The zero-order chi connectivity index (χ0) is 16.2. The number of H-pyrrole nitrogens is 1. The molecule has 3 rings (SSSR count). The summed E-state index contributed by atoms with van der Waals surface area (Å²) in [7, 11) is 0. The lowest BCUT2D eigenvalue weighted by Gasteiger charge is -2.17. The molecule has 0 unspecified atom stereocenters. The quantitative estimate of drug-likeness (QED) is 0.669. The molecule has 0 aliphatic carbocycles. The molecule has 3 aromatic rings. The van der Waals surface area contributed by atoms with Crippen LogP contribution < -0.4 is 10.1 Å². The van der Waals surface area contributed by atoms with Crippen LogP contribution in [0.5, 0.6) is 5.75 Å². The summed E-state index contributed by atoms with van der Waals surface area (Å²) in [5.74, 6) is 0.808. The van der Waals surface area contributed by atoms with Crippen LogP contribution in [0.15, 0.2) is 54.7 Å². The van der Waals surface area contributed by atoms with Gasteiger partial charge < -0.3 is 15.0 Å². The average molecular weight is 308 g/mol. The molecule has 1 heterocycles. The van der Waals surface area contributed by atoms with Crippen LogP contribution in [0.1, 0.15) is 24.2 Å². The number of aromatic amines is 1. The normalized spacial score (nSPS) is 12.1. The molecule has 23 heavy (non-hydrogen) atoms. The second-order valence-electron chi connectivity index (χ2n) is 5.41. The first-order valence-electron chi connectivity index (χ1n) is 7.79. The number of para-hydroxylation sites is 3. The number of ether oxygens (including phenoxy) is 1. The number of carbonyl (C=O) groups is 1. The van der Waals surface area contributed by atoms with Crippen LogP contribution in [-0.4, -0.2) is 23.4 Å². The molecule has 0 saturated heterocycles. The predicted octanol–water partition coefficient (Wildman–Crippen LogP) is 4.25. The van der Waals surface area contributed by atoms with Crippen molar-refractivity contribution in [3.05, 3.63) is 60.3 Å². The molecule has 0 spiro atoms. The van der Waals surface area contributed by atoms with Crippen molar-refractivity contribution in [2.24, 2.45) is 0 Å². The molecule has 0 aliphatic heterocycles. The molecule has 0 bridgehead atoms. The molecule has 4 nitrogen and oxygen atoms in total. The minimum Gasteiger partial charge on any atom is -0.492 e. The number of aromatic nitrogens is 1.